The third-order valence-corrected chi connectivity index (χ3v) is 8.09. The van der Waals surface area contributed by atoms with Gasteiger partial charge in [0.25, 0.3) is 0 Å². The molecule has 222 valence electrons. The number of rotatable bonds is 5. The third-order valence-electron chi connectivity index (χ3n) is 8.09. The summed E-state index contributed by atoms with van der Waals surface area (Å²) in [7, 11) is 0. The zero-order chi connectivity index (χ0) is 30.3. The first-order chi connectivity index (χ1) is 20.6. The molecule has 4 heterocycles. The van der Waals surface area contributed by atoms with Gasteiger partial charge in [-0.25, -0.2) is 9.78 Å². The van der Waals surface area contributed by atoms with Crippen LogP contribution in [0.15, 0.2) is 67.0 Å². The smallest absolute Gasteiger partial charge is 0.410 e. The minimum Gasteiger partial charge on any atom is -0.444 e. The number of nitrogens with zero attached hydrogens (tertiary/aromatic N) is 5. The molecule has 2 aromatic carbocycles. The second kappa shape index (κ2) is 11.2. The van der Waals surface area contributed by atoms with Crippen LogP contribution in [0.5, 0.6) is 0 Å². The maximum absolute atomic E-state index is 12.4. The normalized spacial score (nSPS) is 14.0. The maximum Gasteiger partial charge on any atom is 0.410 e. The van der Waals surface area contributed by atoms with Crippen LogP contribution < -0.4 is 4.90 Å². The molecule has 1 aliphatic heterocycles. The fourth-order valence-corrected chi connectivity index (χ4v) is 5.93. The highest BCUT2D eigenvalue weighted by Gasteiger charge is 2.26. The number of aryl methyl sites for hydroxylation is 2. The largest absolute Gasteiger partial charge is 0.444 e. The number of carbonyl (C=O) groups is 1. The summed E-state index contributed by atoms with van der Waals surface area (Å²) >= 11 is 0. The van der Waals surface area contributed by atoms with E-state index in [1.54, 1.807) is 4.90 Å². The topological polar surface area (TPSA) is 79.3 Å². The molecule has 0 spiro atoms. The lowest BCUT2D eigenvalue weighted by Crippen LogP contribution is -2.50. The molecular formula is C35H40N6O2. The number of anilines is 1. The molecule has 8 heteroatoms. The summed E-state index contributed by atoms with van der Waals surface area (Å²) in [6.45, 7) is 15.6. The summed E-state index contributed by atoms with van der Waals surface area (Å²) in [5.41, 5.74) is 10.6. The van der Waals surface area contributed by atoms with Crippen molar-refractivity contribution in [3.63, 3.8) is 0 Å². The molecular weight excluding hydrogens is 536 g/mol. The monoisotopic (exact) mass is 576 g/mol. The van der Waals surface area contributed by atoms with Crippen LogP contribution in [0.25, 0.3) is 33.3 Å². The summed E-state index contributed by atoms with van der Waals surface area (Å²) in [5.74, 6) is 0. The molecule has 43 heavy (non-hydrogen) atoms. The number of hydrogen-bond donors (Lipinski definition) is 1. The lowest BCUT2D eigenvalue weighted by Gasteiger charge is -2.36. The van der Waals surface area contributed by atoms with Crippen LogP contribution in [0, 0.1) is 20.8 Å². The van der Waals surface area contributed by atoms with Crippen molar-refractivity contribution in [3.05, 3.63) is 89.5 Å². The van der Waals surface area contributed by atoms with Gasteiger partial charge in [-0.2, -0.15) is 5.10 Å². The summed E-state index contributed by atoms with van der Waals surface area (Å²) in [6.07, 6.45) is 3.74. The van der Waals surface area contributed by atoms with Crippen molar-refractivity contribution < 1.29 is 9.53 Å². The second-order valence-electron chi connectivity index (χ2n) is 12.5. The molecule has 6 rings (SSSR count). The summed E-state index contributed by atoms with van der Waals surface area (Å²) in [6, 6.07) is 19.4. The van der Waals surface area contributed by atoms with Gasteiger partial charge >= 0.3 is 6.09 Å². The van der Waals surface area contributed by atoms with Gasteiger partial charge in [0.1, 0.15) is 11.2 Å². The fourth-order valence-electron chi connectivity index (χ4n) is 5.93. The Morgan fingerprint density at radius 3 is 2.40 bits per heavy atom. The molecule has 1 amide bonds. The lowest BCUT2D eigenvalue weighted by atomic mass is 10.0. The molecule has 1 N–H and O–H groups in total. The van der Waals surface area contributed by atoms with Gasteiger partial charge in [0, 0.05) is 72.0 Å². The first-order valence-corrected chi connectivity index (χ1v) is 15.0. The molecule has 1 saturated heterocycles. The van der Waals surface area contributed by atoms with Gasteiger partial charge in [0.15, 0.2) is 0 Å². The van der Waals surface area contributed by atoms with Gasteiger partial charge in [0.2, 0.25) is 0 Å². The number of hydrogen-bond acceptors (Lipinski definition) is 5. The highest BCUT2D eigenvalue weighted by molar-refractivity contribution is 5.97. The Hall–Kier alpha value is -4.59. The van der Waals surface area contributed by atoms with Gasteiger partial charge in [-0.3, -0.25) is 4.68 Å². The van der Waals surface area contributed by atoms with Crippen LogP contribution in [0.2, 0.25) is 0 Å². The zero-order valence-electron chi connectivity index (χ0n) is 25.9. The number of H-pyrrole nitrogens is 1. The van der Waals surface area contributed by atoms with Gasteiger partial charge < -0.3 is 19.5 Å². The van der Waals surface area contributed by atoms with Crippen LogP contribution in [0.1, 0.15) is 43.3 Å². The Kier molecular flexibility index (Phi) is 7.46. The van der Waals surface area contributed by atoms with Crippen LogP contribution in [0.4, 0.5) is 10.5 Å². The average molecular weight is 577 g/mol. The second-order valence-corrected chi connectivity index (χ2v) is 12.5. The number of aromatic nitrogens is 4. The van der Waals surface area contributed by atoms with E-state index in [1.165, 1.54) is 11.1 Å². The van der Waals surface area contributed by atoms with E-state index in [0.717, 1.165) is 70.0 Å². The predicted molar refractivity (Wildman–Crippen MR) is 173 cm³/mol. The van der Waals surface area contributed by atoms with Crippen LogP contribution in [-0.2, 0) is 11.3 Å². The molecule has 1 fully saturated rings. The van der Waals surface area contributed by atoms with E-state index in [1.807, 2.05) is 27.0 Å². The van der Waals surface area contributed by atoms with Crippen molar-refractivity contribution in [2.24, 2.45) is 0 Å². The van der Waals surface area contributed by atoms with Gasteiger partial charge in [-0.1, -0.05) is 42.0 Å². The Labute approximate surface area is 253 Å². The zero-order valence-corrected chi connectivity index (χ0v) is 25.9. The highest BCUT2D eigenvalue weighted by atomic mass is 16.6. The first kappa shape index (κ1) is 28.5. The summed E-state index contributed by atoms with van der Waals surface area (Å²) in [4.78, 5) is 24.7. The van der Waals surface area contributed by atoms with Crippen molar-refractivity contribution in [2.75, 3.05) is 31.1 Å². The molecule has 0 unspecified atom stereocenters. The summed E-state index contributed by atoms with van der Waals surface area (Å²) < 4.78 is 7.64. The minimum absolute atomic E-state index is 0.237. The maximum atomic E-state index is 12.4. The average Bonchev–Trinajstić information content (AvgIpc) is 3.50. The molecule has 0 aliphatic carbocycles. The molecule has 1 aliphatic rings. The molecule has 5 aromatic rings. The van der Waals surface area contributed by atoms with Gasteiger partial charge in [-0.05, 0) is 70.9 Å². The minimum atomic E-state index is -0.482. The van der Waals surface area contributed by atoms with Crippen LogP contribution in [-0.4, -0.2) is 62.5 Å². The number of ether oxygens (including phenoxy) is 1. The number of benzene rings is 2. The Balaban J connectivity index is 1.20. The van der Waals surface area contributed by atoms with E-state index >= 15 is 0 Å². The van der Waals surface area contributed by atoms with E-state index in [9.17, 15) is 4.79 Å². The Morgan fingerprint density at radius 2 is 1.70 bits per heavy atom. The van der Waals surface area contributed by atoms with E-state index in [0.29, 0.717) is 13.1 Å². The van der Waals surface area contributed by atoms with Gasteiger partial charge in [-0.15, -0.1) is 0 Å². The quantitative estimate of drug-likeness (QED) is 0.241. The number of nitrogens with one attached hydrogen (secondary N) is 1. The number of amides is 1. The van der Waals surface area contributed by atoms with Crippen molar-refractivity contribution in [1.82, 2.24) is 24.6 Å². The first-order valence-electron chi connectivity index (χ1n) is 15.0. The van der Waals surface area contributed by atoms with Crippen molar-refractivity contribution >= 4 is 22.8 Å². The molecule has 0 bridgehead atoms. The number of fused-ring (bicyclic) bond motifs is 1. The van der Waals surface area contributed by atoms with Crippen molar-refractivity contribution in [3.8, 4) is 22.3 Å². The van der Waals surface area contributed by atoms with Crippen molar-refractivity contribution in [1.29, 1.82) is 0 Å². The standard InChI is InChI=1S/C35H40N6O2/c1-23-8-7-9-26(18-23)22-41-25(3)32(24(2)38-41)31-21-37-33-30(31)19-28(20-36-33)27-10-12-29(13-11-27)39-14-16-40(17-15-39)34(42)43-35(4,5)6/h7-13,18-21H,14-17,22H2,1-6H3,(H,36,37). The number of aromatic amines is 1. The number of piperazine rings is 1. The SMILES string of the molecule is Cc1cccc(Cn2nc(C)c(-c3c[nH]c4ncc(-c5ccc(N6CCN(C(=O)OC(C)(C)C)CC6)cc5)cc34)c2C)c1. The van der Waals surface area contributed by atoms with E-state index in [-0.39, 0.29) is 6.09 Å². The summed E-state index contributed by atoms with van der Waals surface area (Å²) in [5, 5.41) is 6.00. The Bertz CT molecular complexity index is 1770. The van der Waals surface area contributed by atoms with E-state index in [2.05, 4.69) is 96.1 Å². The molecule has 3 aromatic heterocycles. The highest BCUT2D eigenvalue weighted by Crippen LogP contribution is 2.35. The third kappa shape index (κ3) is 6.00. The van der Waals surface area contributed by atoms with E-state index in [4.69, 9.17) is 14.8 Å². The Morgan fingerprint density at radius 1 is 0.953 bits per heavy atom. The van der Waals surface area contributed by atoms with E-state index < -0.39 is 5.60 Å². The van der Waals surface area contributed by atoms with Crippen LogP contribution >= 0.6 is 0 Å². The van der Waals surface area contributed by atoms with Crippen LogP contribution in [0.3, 0.4) is 0 Å². The van der Waals surface area contributed by atoms with Gasteiger partial charge in [0.05, 0.1) is 12.2 Å². The molecule has 0 radical (unpaired) electrons. The predicted octanol–water partition coefficient (Wildman–Crippen LogP) is 7.12. The number of pyridine rings is 1. The van der Waals surface area contributed by atoms with Crippen molar-refractivity contribution in [2.45, 2.75) is 53.7 Å². The fraction of sp³-hybridized carbons (Fsp3) is 0.343. The lowest BCUT2D eigenvalue weighted by molar-refractivity contribution is 0.0240. The number of carbonyl (C=O) groups excluding carboxylic acids is 1. The molecule has 8 nitrogen and oxygen atoms in total. The molecule has 0 atom stereocenters. The molecule has 0 saturated carbocycles.